The molecule has 1 aromatic carbocycles. The van der Waals surface area contributed by atoms with Gasteiger partial charge >= 0.3 is 0 Å². The zero-order chi connectivity index (χ0) is 13.1. The zero-order valence-electron chi connectivity index (χ0n) is 10.2. The second-order valence-corrected chi connectivity index (χ2v) is 4.11. The molecule has 0 aliphatic carbocycles. The van der Waals surface area contributed by atoms with E-state index in [2.05, 4.69) is 4.98 Å². The van der Waals surface area contributed by atoms with E-state index >= 15 is 0 Å². The van der Waals surface area contributed by atoms with Crippen LogP contribution in [0.25, 0.3) is 0 Å². The predicted octanol–water partition coefficient (Wildman–Crippen LogP) is 3.37. The molecule has 0 saturated carbocycles. The Morgan fingerprint density at radius 3 is 2.83 bits per heavy atom. The first-order valence-corrected chi connectivity index (χ1v) is 5.65. The minimum Gasteiger partial charge on any atom is -0.436 e. The maximum absolute atomic E-state index is 13.6. The van der Waals surface area contributed by atoms with Gasteiger partial charge in [-0.25, -0.2) is 9.37 Å². The van der Waals surface area contributed by atoms with Crippen LogP contribution in [-0.2, 0) is 0 Å². The monoisotopic (exact) mass is 247 g/mol. The van der Waals surface area contributed by atoms with Crippen LogP contribution < -0.4 is 4.74 Å². The number of pyridine rings is 1. The number of halogens is 1. The smallest absolute Gasteiger partial charge is 0.225 e. The third kappa shape index (κ3) is 2.65. The number of hydrogen-bond acceptors (Lipinski definition) is 3. The molecule has 3 nitrogen and oxygen atoms in total. The molecular formula is C14H14FNO2. The van der Waals surface area contributed by atoms with Crippen LogP contribution in [0.1, 0.15) is 24.2 Å². The Hall–Kier alpha value is -1.94. The Bertz CT molecular complexity index is 555. The summed E-state index contributed by atoms with van der Waals surface area (Å²) in [6.07, 6.45) is 0.816. The van der Waals surface area contributed by atoms with Crippen molar-refractivity contribution in [2.45, 2.75) is 20.0 Å². The highest BCUT2D eigenvalue weighted by Gasteiger charge is 2.12. The van der Waals surface area contributed by atoms with E-state index in [1.807, 2.05) is 6.92 Å². The molecule has 0 bridgehead atoms. The molecule has 18 heavy (non-hydrogen) atoms. The molecule has 0 aliphatic heterocycles. The molecule has 0 spiro atoms. The summed E-state index contributed by atoms with van der Waals surface area (Å²) in [6.45, 7) is 3.46. The number of aromatic nitrogens is 1. The number of benzene rings is 1. The number of aliphatic hydroxyl groups excluding tert-OH is 1. The van der Waals surface area contributed by atoms with Crippen LogP contribution in [0.4, 0.5) is 4.39 Å². The standard InChI is InChI=1S/C14H14FNO2/c1-9-5-6-12(15)13(8-9)18-14-11(10(2)17)4-3-7-16-14/h3-8,10,17H,1-2H3/t10-/m1/s1. The molecule has 2 rings (SSSR count). The first-order valence-electron chi connectivity index (χ1n) is 5.65. The van der Waals surface area contributed by atoms with Gasteiger partial charge in [-0.15, -0.1) is 0 Å². The van der Waals surface area contributed by atoms with E-state index in [1.54, 1.807) is 31.2 Å². The van der Waals surface area contributed by atoms with E-state index in [9.17, 15) is 9.50 Å². The maximum atomic E-state index is 13.6. The number of ether oxygens (including phenoxy) is 1. The van der Waals surface area contributed by atoms with E-state index in [-0.39, 0.29) is 11.6 Å². The molecular weight excluding hydrogens is 233 g/mol. The minimum atomic E-state index is -0.721. The predicted molar refractivity (Wildman–Crippen MR) is 66.1 cm³/mol. The van der Waals surface area contributed by atoms with Gasteiger partial charge in [-0.2, -0.15) is 0 Å². The topological polar surface area (TPSA) is 42.4 Å². The van der Waals surface area contributed by atoms with Gasteiger partial charge in [-0.05, 0) is 43.7 Å². The van der Waals surface area contributed by atoms with Crippen LogP contribution >= 0.6 is 0 Å². The molecule has 0 fully saturated rings. The van der Waals surface area contributed by atoms with Gasteiger partial charge in [0.2, 0.25) is 5.88 Å². The highest BCUT2D eigenvalue weighted by atomic mass is 19.1. The fourth-order valence-electron chi connectivity index (χ4n) is 1.60. The highest BCUT2D eigenvalue weighted by molar-refractivity contribution is 5.36. The Labute approximate surface area is 105 Å². The van der Waals surface area contributed by atoms with Gasteiger partial charge in [0.25, 0.3) is 0 Å². The lowest BCUT2D eigenvalue weighted by Gasteiger charge is -2.12. The van der Waals surface area contributed by atoms with Crippen LogP contribution in [0, 0.1) is 12.7 Å². The largest absolute Gasteiger partial charge is 0.436 e. The molecule has 1 aromatic heterocycles. The van der Waals surface area contributed by atoms with Crippen LogP contribution in [0.15, 0.2) is 36.5 Å². The van der Waals surface area contributed by atoms with E-state index in [1.165, 1.54) is 12.3 Å². The summed E-state index contributed by atoms with van der Waals surface area (Å²) in [6, 6.07) is 7.99. The van der Waals surface area contributed by atoms with Gasteiger partial charge in [-0.3, -0.25) is 0 Å². The number of aryl methyl sites for hydroxylation is 1. The van der Waals surface area contributed by atoms with Gasteiger partial charge < -0.3 is 9.84 Å². The molecule has 1 N–H and O–H groups in total. The van der Waals surface area contributed by atoms with Crippen molar-refractivity contribution >= 4 is 0 Å². The van der Waals surface area contributed by atoms with Crippen molar-refractivity contribution in [3.63, 3.8) is 0 Å². The number of rotatable bonds is 3. The first-order chi connectivity index (χ1) is 8.58. The highest BCUT2D eigenvalue weighted by Crippen LogP contribution is 2.29. The second kappa shape index (κ2) is 5.14. The van der Waals surface area contributed by atoms with Crippen molar-refractivity contribution in [1.82, 2.24) is 4.98 Å². The molecule has 0 unspecified atom stereocenters. The Morgan fingerprint density at radius 1 is 1.33 bits per heavy atom. The molecule has 0 radical (unpaired) electrons. The summed E-state index contributed by atoms with van der Waals surface area (Å²) in [7, 11) is 0. The van der Waals surface area contributed by atoms with E-state index < -0.39 is 11.9 Å². The van der Waals surface area contributed by atoms with Crippen molar-refractivity contribution in [1.29, 1.82) is 0 Å². The minimum absolute atomic E-state index is 0.107. The van der Waals surface area contributed by atoms with Gasteiger partial charge in [0.15, 0.2) is 11.6 Å². The van der Waals surface area contributed by atoms with Crippen molar-refractivity contribution in [3.8, 4) is 11.6 Å². The Kier molecular flexibility index (Phi) is 3.58. The first kappa shape index (κ1) is 12.5. The summed E-state index contributed by atoms with van der Waals surface area (Å²) in [4.78, 5) is 4.02. The fraction of sp³-hybridized carbons (Fsp3) is 0.214. The fourth-order valence-corrected chi connectivity index (χ4v) is 1.60. The lowest BCUT2D eigenvalue weighted by atomic mass is 10.2. The summed E-state index contributed by atoms with van der Waals surface area (Å²) >= 11 is 0. The summed E-state index contributed by atoms with van der Waals surface area (Å²) in [5.74, 6) is -0.129. The lowest BCUT2D eigenvalue weighted by molar-refractivity contribution is 0.194. The SMILES string of the molecule is Cc1ccc(F)c(Oc2ncccc2[C@@H](C)O)c1. The molecule has 1 heterocycles. The van der Waals surface area contributed by atoms with Gasteiger partial charge in [0, 0.05) is 11.8 Å². The maximum Gasteiger partial charge on any atom is 0.225 e. The van der Waals surface area contributed by atoms with Gasteiger partial charge in [0.05, 0.1) is 6.10 Å². The second-order valence-electron chi connectivity index (χ2n) is 4.11. The third-order valence-electron chi connectivity index (χ3n) is 2.54. The number of aliphatic hydroxyl groups is 1. The number of hydrogen-bond donors (Lipinski definition) is 1. The molecule has 0 aliphatic rings. The lowest BCUT2D eigenvalue weighted by Crippen LogP contribution is -1.99. The third-order valence-corrected chi connectivity index (χ3v) is 2.54. The van der Waals surface area contributed by atoms with Crippen molar-refractivity contribution < 1.29 is 14.2 Å². The molecule has 2 aromatic rings. The van der Waals surface area contributed by atoms with E-state index in [0.717, 1.165) is 5.56 Å². The van der Waals surface area contributed by atoms with Crippen LogP contribution in [-0.4, -0.2) is 10.1 Å². The average molecular weight is 247 g/mol. The van der Waals surface area contributed by atoms with E-state index in [0.29, 0.717) is 5.56 Å². The van der Waals surface area contributed by atoms with Gasteiger partial charge in [0.1, 0.15) is 0 Å². The van der Waals surface area contributed by atoms with Crippen molar-refractivity contribution in [2.24, 2.45) is 0 Å². The Balaban J connectivity index is 2.37. The number of nitrogens with zero attached hydrogens (tertiary/aromatic N) is 1. The normalized spacial score (nSPS) is 12.2. The molecule has 4 heteroatoms. The average Bonchev–Trinajstić information content (AvgIpc) is 2.34. The quantitative estimate of drug-likeness (QED) is 0.904. The van der Waals surface area contributed by atoms with Crippen LogP contribution in [0.5, 0.6) is 11.6 Å². The zero-order valence-corrected chi connectivity index (χ0v) is 10.2. The van der Waals surface area contributed by atoms with E-state index in [4.69, 9.17) is 4.74 Å². The molecule has 0 amide bonds. The van der Waals surface area contributed by atoms with Crippen molar-refractivity contribution in [2.75, 3.05) is 0 Å². The van der Waals surface area contributed by atoms with Crippen LogP contribution in [0.2, 0.25) is 0 Å². The van der Waals surface area contributed by atoms with Crippen LogP contribution in [0.3, 0.4) is 0 Å². The van der Waals surface area contributed by atoms with Gasteiger partial charge in [-0.1, -0.05) is 6.07 Å². The molecule has 1 atom stereocenters. The Morgan fingerprint density at radius 2 is 2.11 bits per heavy atom. The molecule has 0 saturated heterocycles. The summed E-state index contributed by atoms with van der Waals surface area (Å²) < 4.78 is 19.0. The summed E-state index contributed by atoms with van der Waals surface area (Å²) in [5, 5.41) is 9.59. The molecule has 94 valence electrons. The van der Waals surface area contributed by atoms with Crippen molar-refractivity contribution in [3.05, 3.63) is 53.5 Å². The summed E-state index contributed by atoms with van der Waals surface area (Å²) in [5.41, 5.74) is 1.42.